The molecule has 2 aromatic carbocycles. The molecule has 104 valence electrons. The first-order valence-electron chi connectivity index (χ1n) is 6.27. The van der Waals surface area contributed by atoms with Crippen molar-refractivity contribution in [1.29, 1.82) is 0 Å². The van der Waals surface area contributed by atoms with E-state index in [-0.39, 0.29) is 5.75 Å². The van der Waals surface area contributed by atoms with Crippen LogP contribution in [-0.2, 0) is 6.42 Å². The zero-order valence-electron chi connectivity index (χ0n) is 11.0. The topological polar surface area (TPSA) is 101 Å². The summed E-state index contributed by atoms with van der Waals surface area (Å²) in [6.45, 7) is 0.633. The van der Waals surface area contributed by atoms with Crippen LogP contribution in [0.4, 0.5) is 11.4 Å². The van der Waals surface area contributed by atoms with Gasteiger partial charge in [-0.2, -0.15) is 0 Å². The number of hydrogen-bond acceptors (Lipinski definition) is 4. The van der Waals surface area contributed by atoms with Crippen LogP contribution in [0.2, 0.25) is 0 Å². The van der Waals surface area contributed by atoms with Gasteiger partial charge >= 0.3 is 0 Å². The van der Waals surface area contributed by atoms with Crippen molar-refractivity contribution in [2.75, 3.05) is 17.6 Å². The van der Waals surface area contributed by atoms with Crippen molar-refractivity contribution < 1.29 is 9.90 Å². The maximum atomic E-state index is 11.3. The Kier molecular flexibility index (Phi) is 4.10. The fraction of sp³-hybridized carbons (Fsp3) is 0.133. The number of carbonyl (C=O) groups excluding carboxylic acids is 1. The molecule has 5 heteroatoms. The quantitative estimate of drug-likeness (QED) is 0.622. The van der Waals surface area contributed by atoms with Gasteiger partial charge in [-0.1, -0.05) is 12.1 Å². The molecule has 0 aromatic heterocycles. The first-order valence-corrected chi connectivity index (χ1v) is 6.27. The number of nitrogen functional groups attached to an aromatic ring is 1. The summed E-state index contributed by atoms with van der Waals surface area (Å²) in [5, 5.41) is 12.4. The van der Waals surface area contributed by atoms with E-state index in [9.17, 15) is 9.90 Å². The van der Waals surface area contributed by atoms with Gasteiger partial charge in [-0.15, -0.1) is 0 Å². The van der Waals surface area contributed by atoms with E-state index in [2.05, 4.69) is 5.32 Å². The number of phenolic OH excluding ortho intramolecular Hbond substituents is 1. The molecule has 20 heavy (non-hydrogen) atoms. The third kappa shape index (κ3) is 3.41. The van der Waals surface area contributed by atoms with Crippen molar-refractivity contribution in [3.8, 4) is 5.75 Å². The zero-order chi connectivity index (χ0) is 14.5. The number of rotatable bonds is 5. The predicted octanol–water partition coefficient (Wildman–Crippen LogP) is 1.73. The molecule has 5 nitrogen and oxygen atoms in total. The zero-order valence-corrected chi connectivity index (χ0v) is 11.0. The van der Waals surface area contributed by atoms with Crippen molar-refractivity contribution in [3.05, 3.63) is 53.6 Å². The van der Waals surface area contributed by atoms with E-state index >= 15 is 0 Å². The second-order valence-electron chi connectivity index (χ2n) is 4.51. The number of hydrogen-bond donors (Lipinski definition) is 4. The second kappa shape index (κ2) is 5.97. The molecule has 2 aromatic rings. The van der Waals surface area contributed by atoms with Gasteiger partial charge in [-0.3, -0.25) is 4.79 Å². The molecule has 0 atom stereocenters. The van der Waals surface area contributed by atoms with Crippen LogP contribution in [0.5, 0.6) is 5.75 Å². The molecule has 0 heterocycles. The molecule has 1 amide bonds. The lowest BCUT2D eigenvalue weighted by Gasteiger charge is -2.11. The standard InChI is InChI=1S/C15H17N3O2/c16-11-3-6-13(15(17)20)14(9-11)18-8-7-10-1-4-12(19)5-2-10/h1-6,9,18-19H,7-8,16H2,(H2,17,20). The molecule has 0 saturated heterocycles. The minimum Gasteiger partial charge on any atom is -0.508 e. The summed E-state index contributed by atoms with van der Waals surface area (Å²) in [5.74, 6) is -0.245. The Bertz CT molecular complexity index is 609. The van der Waals surface area contributed by atoms with Crippen LogP contribution in [0.1, 0.15) is 15.9 Å². The Morgan fingerprint density at radius 1 is 1.15 bits per heavy atom. The van der Waals surface area contributed by atoms with E-state index in [4.69, 9.17) is 11.5 Å². The Morgan fingerprint density at radius 2 is 1.85 bits per heavy atom. The highest BCUT2D eigenvalue weighted by atomic mass is 16.3. The summed E-state index contributed by atoms with van der Waals surface area (Å²) in [7, 11) is 0. The Hall–Kier alpha value is -2.69. The molecule has 0 saturated carbocycles. The van der Waals surface area contributed by atoms with Crippen molar-refractivity contribution in [3.63, 3.8) is 0 Å². The van der Waals surface area contributed by atoms with Gasteiger partial charge in [0.25, 0.3) is 5.91 Å². The molecular weight excluding hydrogens is 254 g/mol. The number of anilines is 2. The fourth-order valence-corrected chi connectivity index (χ4v) is 1.93. The van der Waals surface area contributed by atoms with Crippen LogP contribution in [0.3, 0.4) is 0 Å². The first kappa shape index (κ1) is 13.7. The van der Waals surface area contributed by atoms with Gasteiger partial charge in [0.15, 0.2) is 0 Å². The molecule has 0 aliphatic rings. The van der Waals surface area contributed by atoms with Gasteiger partial charge in [0.1, 0.15) is 5.75 Å². The summed E-state index contributed by atoms with van der Waals surface area (Å²) in [6, 6.07) is 11.9. The van der Waals surface area contributed by atoms with E-state index in [0.717, 1.165) is 12.0 Å². The summed E-state index contributed by atoms with van der Waals surface area (Å²) < 4.78 is 0. The van der Waals surface area contributed by atoms with Crippen molar-refractivity contribution in [2.45, 2.75) is 6.42 Å². The number of benzene rings is 2. The summed E-state index contributed by atoms with van der Waals surface area (Å²) >= 11 is 0. The van der Waals surface area contributed by atoms with Gasteiger partial charge in [0, 0.05) is 17.9 Å². The van der Waals surface area contributed by atoms with E-state index in [1.807, 2.05) is 12.1 Å². The average molecular weight is 271 g/mol. The molecule has 0 spiro atoms. The van der Waals surface area contributed by atoms with Crippen LogP contribution in [0.15, 0.2) is 42.5 Å². The van der Waals surface area contributed by atoms with Crippen LogP contribution in [-0.4, -0.2) is 17.6 Å². The summed E-state index contributed by atoms with van der Waals surface area (Å²) in [5.41, 5.74) is 13.7. The van der Waals surface area contributed by atoms with E-state index < -0.39 is 5.91 Å². The van der Waals surface area contributed by atoms with Gasteiger partial charge in [0.2, 0.25) is 0 Å². The van der Waals surface area contributed by atoms with E-state index in [1.54, 1.807) is 30.3 Å². The number of phenols is 1. The van der Waals surface area contributed by atoms with Gasteiger partial charge < -0.3 is 21.9 Å². The van der Waals surface area contributed by atoms with Crippen LogP contribution in [0, 0.1) is 0 Å². The average Bonchev–Trinajstić information content (AvgIpc) is 2.41. The molecule has 0 aliphatic carbocycles. The first-order chi connectivity index (χ1) is 9.56. The highest BCUT2D eigenvalue weighted by Crippen LogP contribution is 2.19. The summed E-state index contributed by atoms with van der Waals surface area (Å²) in [4.78, 5) is 11.3. The Morgan fingerprint density at radius 3 is 2.50 bits per heavy atom. The lowest BCUT2D eigenvalue weighted by molar-refractivity contribution is 0.100. The minimum atomic E-state index is -0.489. The third-order valence-electron chi connectivity index (χ3n) is 2.97. The Labute approximate surface area is 117 Å². The molecule has 0 bridgehead atoms. The molecule has 0 radical (unpaired) electrons. The van der Waals surface area contributed by atoms with Crippen LogP contribution in [0.25, 0.3) is 0 Å². The molecule has 2 rings (SSSR count). The highest BCUT2D eigenvalue weighted by molar-refractivity contribution is 5.99. The predicted molar refractivity (Wildman–Crippen MR) is 79.7 cm³/mol. The van der Waals surface area contributed by atoms with E-state index in [1.165, 1.54) is 0 Å². The van der Waals surface area contributed by atoms with Crippen molar-refractivity contribution in [1.82, 2.24) is 0 Å². The molecule has 0 aliphatic heterocycles. The maximum Gasteiger partial charge on any atom is 0.250 e. The number of amides is 1. The molecule has 6 N–H and O–H groups in total. The fourth-order valence-electron chi connectivity index (χ4n) is 1.93. The number of primary amides is 1. The maximum absolute atomic E-state index is 11.3. The van der Waals surface area contributed by atoms with Gasteiger partial charge in [0.05, 0.1) is 5.56 Å². The SMILES string of the molecule is NC(=O)c1ccc(N)cc1NCCc1ccc(O)cc1. The van der Waals surface area contributed by atoms with Crippen molar-refractivity contribution >= 4 is 17.3 Å². The lowest BCUT2D eigenvalue weighted by Crippen LogP contribution is -2.15. The van der Waals surface area contributed by atoms with Crippen LogP contribution < -0.4 is 16.8 Å². The molecule has 0 fully saturated rings. The molecular formula is C15H17N3O2. The highest BCUT2D eigenvalue weighted by Gasteiger charge is 2.07. The van der Waals surface area contributed by atoms with Crippen molar-refractivity contribution in [2.24, 2.45) is 5.73 Å². The van der Waals surface area contributed by atoms with E-state index in [0.29, 0.717) is 23.5 Å². The van der Waals surface area contributed by atoms with Gasteiger partial charge in [-0.05, 0) is 42.3 Å². The third-order valence-corrected chi connectivity index (χ3v) is 2.97. The number of carbonyl (C=O) groups is 1. The molecule has 0 unspecified atom stereocenters. The summed E-state index contributed by atoms with van der Waals surface area (Å²) in [6.07, 6.45) is 0.757. The Balaban J connectivity index is 2.02. The number of nitrogens with one attached hydrogen (secondary N) is 1. The number of nitrogens with two attached hydrogens (primary N) is 2. The largest absolute Gasteiger partial charge is 0.508 e. The number of aromatic hydroxyl groups is 1. The second-order valence-corrected chi connectivity index (χ2v) is 4.51. The van der Waals surface area contributed by atoms with Crippen LogP contribution >= 0.6 is 0 Å². The minimum absolute atomic E-state index is 0.244. The smallest absolute Gasteiger partial charge is 0.250 e. The van der Waals surface area contributed by atoms with Gasteiger partial charge in [-0.25, -0.2) is 0 Å². The monoisotopic (exact) mass is 271 g/mol. The normalized spacial score (nSPS) is 10.2. The lowest BCUT2D eigenvalue weighted by atomic mass is 10.1.